The first-order chi connectivity index (χ1) is 9.24. The molecule has 0 aliphatic heterocycles. The molecule has 0 saturated carbocycles. The highest BCUT2D eigenvalue weighted by Gasteiger charge is 2.08. The lowest BCUT2D eigenvalue weighted by Gasteiger charge is -2.09. The van der Waals surface area contributed by atoms with Crippen LogP contribution in [0, 0.1) is 0 Å². The van der Waals surface area contributed by atoms with E-state index in [9.17, 15) is 4.79 Å². The Morgan fingerprint density at radius 1 is 0.947 bits per heavy atom. The normalized spacial score (nSPS) is 10.6. The van der Waals surface area contributed by atoms with Gasteiger partial charge in [0.05, 0.1) is 5.69 Å². The average molecular weight is 251 g/mol. The summed E-state index contributed by atoms with van der Waals surface area (Å²) in [5.74, 6) is 0.250. The lowest BCUT2D eigenvalue weighted by molar-refractivity contribution is -0.131. The average Bonchev–Trinajstić information content (AvgIpc) is 2.82. The number of carbonyl (C=O) groups is 1. The highest BCUT2D eigenvalue weighted by molar-refractivity contribution is 5.83. The van der Waals surface area contributed by atoms with Gasteiger partial charge in [0, 0.05) is 19.3 Å². The van der Waals surface area contributed by atoms with Crippen molar-refractivity contribution in [2.45, 2.75) is 6.92 Å². The van der Waals surface area contributed by atoms with Crippen LogP contribution in [0.5, 0.6) is 5.75 Å². The van der Waals surface area contributed by atoms with Gasteiger partial charge in [-0.05, 0) is 22.9 Å². The summed E-state index contributed by atoms with van der Waals surface area (Å²) in [7, 11) is 0. The maximum absolute atomic E-state index is 11.1. The van der Waals surface area contributed by atoms with Gasteiger partial charge in [0.2, 0.25) is 0 Å². The summed E-state index contributed by atoms with van der Waals surface area (Å²) in [4.78, 5) is 11.1. The van der Waals surface area contributed by atoms with Gasteiger partial charge in [-0.3, -0.25) is 4.79 Å². The fraction of sp³-hybridized carbons (Fsp3) is 0.0625. The Labute approximate surface area is 111 Å². The zero-order valence-corrected chi connectivity index (χ0v) is 10.5. The standard InChI is InChI=1S/C16H13NO2/c1-12(18)19-16-9-5-4-8-15(16)17-10-13-6-2-3-7-14(13)11-17/h2-11H,1H3. The number of esters is 1. The third-order valence-corrected chi connectivity index (χ3v) is 2.95. The monoisotopic (exact) mass is 251 g/mol. The zero-order valence-electron chi connectivity index (χ0n) is 10.5. The van der Waals surface area contributed by atoms with Gasteiger partial charge in [-0.25, -0.2) is 0 Å². The summed E-state index contributed by atoms with van der Waals surface area (Å²) in [6.45, 7) is 1.41. The topological polar surface area (TPSA) is 31.2 Å². The van der Waals surface area contributed by atoms with E-state index in [2.05, 4.69) is 12.1 Å². The van der Waals surface area contributed by atoms with E-state index in [-0.39, 0.29) is 5.97 Å². The molecule has 3 heteroatoms. The molecule has 2 aromatic carbocycles. The van der Waals surface area contributed by atoms with E-state index in [0.717, 1.165) is 16.5 Å². The molecule has 0 spiro atoms. The largest absolute Gasteiger partial charge is 0.424 e. The number of hydrogen-bond acceptors (Lipinski definition) is 2. The Morgan fingerprint density at radius 2 is 1.53 bits per heavy atom. The van der Waals surface area contributed by atoms with E-state index < -0.39 is 0 Å². The van der Waals surface area contributed by atoms with Crippen LogP contribution in [-0.2, 0) is 4.79 Å². The van der Waals surface area contributed by atoms with Gasteiger partial charge in [0.15, 0.2) is 5.75 Å². The summed E-state index contributed by atoms with van der Waals surface area (Å²) < 4.78 is 7.21. The van der Waals surface area contributed by atoms with Gasteiger partial charge in [-0.1, -0.05) is 36.4 Å². The Hall–Kier alpha value is -2.55. The number of carbonyl (C=O) groups excluding carboxylic acids is 1. The highest BCUT2D eigenvalue weighted by atomic mass is 16.5. The van der Waals surface area contributed by atoms with Crippen molar-refractivity contribution in [2.75, 3.05) is 0 Å². The Kier molecular flexibility index (Phi) is 2.80. The quantitative estimate of drug-likeness (QED) is 0.515. The van der Waals surface area contributed by atoms with Crippen LogP contribution in [0.15, 0.2) is 60.9 Å². The van der Waals surface area contributed by atoms with Crippen LogP contribution in [-0.4, -0.2) is 10.5 Å². The van der Waals surface area contributed by atoms with E-state index in [1.807, 2.05) is 47.3 Å². The molecule has 1 heterocycles. The molecule has 0 fully saturated rings. The van der Waals surface area contributed by atoms with E-state index >= 15 is 0 Å². The fourth-order valence-electron chi connectivity index (χ4n) is 2.13. The van der Waals surface area contributed by atoms with Crippen molar-refractivity contribution in [1.82, 2.24) is 4.57 Å². The molecule has 0 N–H and O–H groups in total. The van der Waals surface area contributed by atoms with Gasteiger partial charge in [0.25, 0.3) is 0 Å². The van der Waals surface area contributed by atoms with Crippen LogP contribution in [0.3, 0.4) is 0 Å². The number of ether oxygens (including phenoxy) is 1. The van der Waals surface area contributed by atoms with Crippen molar-refractivity contribution in [2.24, 2.45) is 0 Å². The molecule has 19 heavy (non-hydrogen) atoms. The molecule has 3 nitrogen and oxygen atoms in total. The molecule has 94 valence electrons. The van der Waals surface area contributed by atoms with Gasteiger partial charge in [0.1, 0.15) is 0 Å². The number of para-hydroxylation sites is 2. The number of rotatable bonds is 2. The Bertz CT molecular complexity index is 710. The summed E-state index contributed by atoms with van der Waals surface area (Å²) in [6, 6.07) is 15.6. The van der Waals surface area contributed by atoms with E-state index in [0.29, 0.717) is 5.75 Å². The van der Waals surface area contributed by atoms with Gasteiger partial charge in [-0.2, -0.15) is 0 Å². The fourth-order valence-corrected chi connectivity index (χ4v) is 2.13. The minimum atomic E-state index is -0.316. The molecule has 0 atom stereocenters. The molecule has 1 aromatic heterocycles. The molecule has 0 radical (unpaired) electrons. The third kappa shape index (κ3) is 2.22. The maximum Gasteiger partial charge on any atom is 0.308 e. The second kappa shape index (κ2) is 4.61. The van der Waals surface area contributed by atoms with E-state index in [1.54, 1.807) is 6.07 Å². The predicted molar refractivity (Wildman–Crippen MR) is 74.6 cm³/mol. The number of hydrogen-bond donors (Lipinski definition) is 0. The Balaban J connectivity index is 2.13. The van der Waals surface area contributed by atoms with Crippen LogP contribution in [0.4, 0.5) is 0 Å². The molecule has 3 aromatic rings. The van der Waals surface area contributed by atoms with Crippen molar-refractivity contribution < 1.29 is 9.53 Å². The summed E-state index contributed by atoms with van der Waals surface area (Å²) >= 11 is 0. The second-order valence-corrected chi connectivity index (χ2v) is 4.36. The van der Waals surface area contributed by atoms with Crippen molar-refractivity contribution in [3.05, 3.63) is 60.9 Å². The molecule has 0 bridgehead atoms. The first kappa shape index (κ1) is 11.5. The SMILES string of the molecule is CC(=O)Oc1ccccc1-n1cc2ccccc2c1. The first-order valence-corrected chi connectivity index (χ1v) is 6.08. The molecule has 3 rings (SSSR count). The van der Waals surface area contributed by atoms with Crippen LogP contribution in [0.2, 0.25) is 0 Å². The van der Waals surface area contributed by atoms with E-state index in [1.165, 1.54) is 6.92 Å². The third-order valence-electron chi connectivity index (χ3n) is 2.95. The Morgan fingerprint density at radius 3 is 2.16 bits per heavy atom. The summed E-state index contributed by atoms with van der Waals surface area (Å²) in [5, 5.41) is 2.31. The molecule has 0 unspecified atom stereocenters. The molecule has 0 amide bonds. The number of benzene rings is 2. The van der Waals surface area contributed by atoms with Crippen molar-refractivity contribution in [3.63, 3.8) is 0 Å². The van der Waals surface area contributed by atoms with Gasteiger partial charge >= 0.3 is 5.97 Å². The number of aromatic nitrogens is 1. The predicted octanol–water partition coefficient (Wildman–Crippen LogP) is 3.56. The lowest BCUT2D eigenvalue weighted by atomic mass is 10.2. The summed E-state index contributed by atoms with van der Waals surface area (Å²) in [5.41, 5.74) is 0.855. The molecule has 0 aliphatic carbocycles. The second-order valence-electron chi connectivity index (χ2n) is 4.36. The van der Waals surface area contributed by atoms with Crippen LogP contribution in [0.1, 0.15) is 6.92 Å². The number of fused-ring (bicyclic) bond motifs is 1. The van der Waals surface area contributed by atoms with Crippen molar-refractivity contribution >= 4 is 16.7 Å². The molecule has 0 aliphatic rings. The van der Waals surface area contributed by atoms with Crippen LogP contribution >= 0.6 is 0 Å². The minimum Gasteiger partial charge on any atom is -0.424 e. The number of nitrogens with zero attached hydrogens (tertiary/aromatic N) is 1. The van der Waals surface area contributed by atoms with Crippen LogP contribution in [0.25, 0.3) is 16.5 Å². The highest BCUT2D eigenvalue weighted by Crippen LogP contribution is 2.26. The minimum absolute atomic E-state index is 0.316. The zero-order chi connectivity index (χ0) is 13.2. The van der Waals surface area contributed by atoms with Gasteiger partial charge in [-0.15, -0.1) is 0 Å². The molecular weight excluding hydrogens is 238 g/mol. The lowest BCUT2D eigenvalue weighted by Crippen LogP contribution is -2.04. The van der Waals surface area contributed by atoms with Gasteiger partial charge < -0.3 is 9.30 Å². The van der Waals surface area contributed by atoms with E-state index in [4.69, 9.17) is 4.74 Å². The maximum atomic E-state index is 11.1. The first-order valence-electron chi connectivity index (χ1n) is 6.08. The molecule has 0 saturated heterocycles. The smallest absolute Gasteiger partial charge is 0.308 e. The molecular formula is C16H13NO2. The summed E-state index contributed by atoms with van der Waals surface area (Å²) in [6.07, 6.45) is 4.05. The van der Waals surface area contributed by atoms with Crippen LogP contribution < -0.4 is 4.74 Å². The van der Waals surface area contributed by atoms with Crippen molar-refractivity contribution in [3.8, 4) is 11.4 Å². The van der Waals surface area contributed by atoms with Crippen molar-refractivity contribution in [1.29, 1.82) is 0 Å².